The third kappa shape index (κ3) is 1.90. The summed E-state index contributed by atoms with van der Waals surface area (Å²) in [5.41, 5.74) is 0.543. The fourth-order valence-corrected chi connectivity index (χ4v) is 2.87. The van der Waals surface area contributed by atoms with Crippen LogP contribution >= 0.6 is 34.5 Å². The lowest BCUT2D eigenvalue weighted by atomic mass is 10.2. The molecule has 0 aliphatic carbocycles. The molecule has 0 saturated carbocycles. The minimum absolute atomic E-state index is 0.196. The van der Waals surface area contributed by atoms with E-state index in [2.05, 4.69) is 10.1 Å². The molecule has 18 heavy (non-hydrogen) atoms. The van der Waals surface area contributed by atoms with Gasteiger partial charge in [0.2, 0.25) is 4.96 Å². The van der Waals surface area contributed by atoms with Gasteiger partial charge in [-0.15, -0.1) is 0 Å². The molecule has 2 heterocycles. The van der Waals surface area contributed by atoms with Gasteiger partial charge in [-0.1, -0.05) is 40.6 Å². The molecule has 0 radical (unpaired) electrons. The summed E-state index contributed by atoms with van der Waals surface area (Å²) in [6, 6.07) is 5.12. The molecule has 0 aliphatic rings. The van der Waals surface area contributed by atoms with E-state index in [0.717, 1.165) is 5.56 Å². The molecule has 7 heteroatoms. The average Bonchev–Trinajstić information content (AvgIpc) is 2.88. The van der Waals surface area contributed by atoms with Crippen molar-refractivity contribution in [1.82, 2.24) is 14.6 Å². The van der Waals surface area contributed by atoms with E-state index in [1.54, 1.807) is 24.3 Å². The van der Waals surface area contributed by atoms with Crippen LogP contribution in [0.15, 0.2) is 29.3 Å². The Kier molecular flexibility index (Phi) is 2.81. The van der Waals surface area contributed by atoms with E-state index in [1.165, 1.54) is 22.2 Å². The van der Waals surface area contributed by atoms with Crippen molar-refractivity contribution in [3.05, 3.63) is 55.0 Å². The van der Waals surface area contributed by atoms with E-state index in [4.69, 9.17) is 23.2 Å². The van der Waals surface area contributed by atoms with Crippen molar-refractivity contribution < 1.29 is 0 Å². The number of fused-ring (bicyclic) bond motifs is 1. The molecule has 0 fully saturated rings. The van der Waals surface area contributed by atoms with Crippen LogP contribution in [0.5, 0.6) is 0 Å². The summed E-state index contributed by atoms with van der Waals surface area (Å²) < 4.78 is 1.80. The SMILES string of the molecule is O=c1/c(=C/c2ccc(Cl)cc2Cl)sc2ncnn12. The van der Waals surface area contributed by atoms with Crippen molar-refractivity contribution in [3.63, 3.8) is 0 Å². The molecule has 0 unspecified atom stereocenters. The van der Waals surface area contributed by atoms with Gasteiger partial charge in [-0.2, -0.15) is 9.61 Å². The number of hydrogen-bond acceptors (Lipinski definition) is 4. The summed E-state index contributed by atoms with van der Waals surface area (Å²) in [7, 11) is 0. The smallest absolute Gasteiger partial charge is 0.266 e. The second-order valence-electron chi connectivity index (χ2n) is 3.54. The topological polar surface area (TPSA) is 47.3 Å². The van der Waals surface area contributed by atoms with Gasteiger partial charge in [-0.3, -0.25) is 4.79 Å². The Balaban J connectivity index is 2.24. The molecule has 0 aliphatic heterocycles. The third-order valence-corrected chi connectivity index (χ3v) is 3.91. The average molecular weight is 298 g/mol. The number of rotatable bonds is 1. The maximum atomic E-state index is 11.9. The monoisotopic (exact) mass is 297 g/mol. The highest BCUT2D eigenvalue weighted by Gasteiger charge is 2.06. The van der Waals surface area contributed by atoms with E-state index in [1.807, 2.05) is 0 Å². The van der Waals surface area contributed by atoms with Crippen LogP contribution in [0.3, 0.4) is 0 Å². The first-order chi connectivity index (χ1) is 8.65. The number of thiazole rings is 1. The number of benzene rings is 1. The number of aromatic nitrogens is 3. The maximum absolute atomic E-state index is 11.9. The fourth-order valence-electron chi connectivity index (χ4n) is 1.54. The Bertz CT molecular complexity index is 840. The van der Waals surface area contributed by atoms with Gasteiger partial charge in [-0.05, 0) is 23.8 Å². The maximum Gasteiger partial charge on any atom is 0.291 e. The standard InChI is InChI=1S/C11H5Cl2N3OS/c12-7-2-1-6(8(13)4-7)3-9-10(17)16-11(18-9)14-5-15-16/h1-5H/b9-3-. The van der Waals surface area contributed by atoms with Crippen molar-refractivity contribution in [2.75, 3.05) is 0 Å². The Morgan fingerprint density at radius 1 is 1.33 bits per heavy atom. The molecular formula is C11H5Cl2N3OS. The molecule has 3 aromatic rings. The normalized spacial score (nSPS) is 12.4. The molecule has 3 rings (SSSR count). The van der Waals surface area contributed by atoms with Crippen LogP contribution in [0, 0.1) is 0 Å². The number of nitrogens with zero attached hydrogens (tertiary/aromatic N) is 3. The van der Waals surface area contributed by atoms with Gasteiger partial charge < -0.3 is 0 Å². The molecule has 0 atom stereocenters. The van der Waals surface area contributed by atoms with E-state index in [9.17, 15) is 4.79 Å². The molecule has 0 saturated heterocycles. The van der Waals surface area contributed by atoms with Gasteiger partial charge in [0.05, 0.1) is 4.53 Å². The van der Waals surface area contributed by atoms with Crippen LogP contribution in [-0.4, -0.2) is 14.6 Å². The van der Waals surface area contributed by atoms with Crippen LogP contribution < -0.4 is 10.1 Å². The zero-order chi connectivity index (χ0) is 12.7. The minimum Gasteiger partial charge on any atom is -0.266 e. The zero-order valence-electron chi connectivity index (χ0n) is 8.80. The summed E-state index contributed by atoms with van der Waals surface area (Å²) >= 11 is 13.1. The first-order valence-electron chi connectivity index (χ1n) is 4.94. The zero-order valence-corrected chi connectivity index (χ0v) is 11.1. The van der Waals surface area contributed by atoms with Gasteiger partial charge in [0, 0.05) is 10.0 Å². The Morgan fingerprint density at radius 3 is 2.89 bits per heavy atom. The predicted molar refractivity (Wildman–Crippen MR) is 72.4 cm³/mol. The molecule has 4 nitrogen and oxygen atoms in total. The van der Waals surface area contributed by atoms with Crippen LogP contribution in [0.2, 0.25) is 10.0 Å². The second kappa shape index (κ2) is 4.35. The van der Waals surface area contributed by atoms with Crippen LogP contribution in [0.1, 0.15) is 5.56 Å². The molecule has 1 aromatic carbocycles. The fraction of sp³-hybridized carbons (Fsp3) is 0. The summed E-state index contributed by atoms with van der Waals surface area (Å²) in [6.45, 7) is 0. The van der Waals surface area contributed by atoms with E-state index < -0.39 is 0 Å². The van der Waals surface area contributed by atoms with Gasteiger partial charge in [0.15, 0.2) is 0 Å². The highest BCUT2D eigenvalue weighted by atomic mass is 35.5. The van der Waals surface area contributed by atoms with Crippen molar-refractivity contribution in [2.45, 2.75) is 0 Å². The molecular weight excluding hydrogens is 293 g/mol. The lowest BCUT2D eigenvalue weighted by Gasteiger charge is -1.96. The van der Waals surface area contributed by atoms with Gasteiger partial charge in [0.1, 0.15) is 6.33 Å². The third-order valence-electron chi connectivity index (χ3n) is 2.37. The largest absolute Gasteiger partial charge is 0.291 e. The Hall–Kier alpha value is -1.43. The summed E-state index contributed by atoms with van der Waals surface area (Å²) in [6.07, 6.45) is 3.06. The van der Waals surface area contributed by atoms with Crippen LogP contribution in [-0.2, 0) is 0 Å². The highest BCUT2D eigenvalue weighted by molar-refractivity contribution is 7.15. The van der Waals surface area contributed by atoms with E-state index in [-0.39, 0.29) is 5.56 Å². The Labute approximate surface area is 115 Å². The van der Waals surface area contributed by atoms with Gasteiger partial charge >= 0.3 is 0 Å². The first kappa shape index (κ1) is 11.6. The van der Waals surface area contributed by atoms with Crippen molar-refractivity contribution >= 4 is 45.6 Å². The first-order valence-corrected chi connectivity index (χ1v) is 6.52. The molecule has 2 aromatic heterocycles. The van der Waals surface area contributed by atoms with Crippen molar-refractivity contribution in [1.29, 1.82) is 0 Å². The second-order valence-corrected chi connectivity index (χ2v) is 5.39. The molecule has 90 valence electrons. The molecule has 0 spiro atoms. The minimum atomic E-state index is -0.196. The van der Waals surface area contributed by atoms with Gasteiger partial charge in [0.25, 0.3) is 5.56 Å². The quantitative estimate of drug-likeness (QED) is 0.690. The van der Waals surface area contributed by atoms with Gasteiger partial charge in [-0.25, -0.2) is 4.98 Å². The Morgan fingerprint density at radius 2 is 2.17 bits per heavy atom. The lowest BCUT2D eigenvalue weighted by Crippen LogP contribution is -2.23. The molecule has 0 amide bonds. The van der Waals surface area contributed by atoms with Crippen LogP contribution in [0.25, 0.3) is 11.0 Å². The van der Waals surface area contributed by atoms with Crippen molar-refractivity contribution in [3.8, 4) is 0 Å². The molecule has 0 N–H and O–H groups in total. The van der Waals surface area contributed by atoms with Crippen molar-refractivity contribution in [2.24, 2.45) is 0 Å². The highest BCUT2D eigenvalue weighted by Crippen LogP contribution is 2.21. The summed E-state index contributed by atoms with van der Waals surface area (Å²) in [4.78, 5) is 16.5. The number of halogens is 2. The van der Waals surface area contributed by atoms with Crippen LogP contribution in [0.4, 0.5) is 0 Å². The summed E-state index contributed by atoms with van der Waals surface area (Å²) in [5, 5.41) is 4.90. The predicted octanol–water partition coefficient (Wildman–Crippen LogP) is 2.01. The number of hydrogen-bond donors (Lipinski definition) is 0. The van der Waals surface area contributed by atoms with E-state index >= 15 is 0 Å². The molecule has 0 bridgehead atoms. The lowest BCUT2D eigenvalue weighted by molar-refractivity contribution is 0.932. The van der Waals surface area contributed by atoms with E-state index in [0.29, 0.717) is 19.5 Å². The summed E-state index contributed by atoms with van der Waals surface area (Å²) in [5.74, 6) is 0.